The number of benzene rings is 3. The third-order valence-electron chi connectivity index (χ3n) is 4.32. The molecule has 0 aliphatic heterocycles. The van der Waals surface area contributed by atoms with Gasteiger partial charge in [-0.3, -0.25) is 9.59 Å². The Kier molecular flexibility index (Phi) is 7.79. The number of halogens is 1. The van der Waals surface area contributed by atoms with E-state index in [1.54, 1.807) is 12.1 Å². The molecule has 0 bridgehead atoms. The number of ether oxygens (including phenoxy) is 1. The summed E-state index contributed by atoms with van der Waals surface area (Å²) in [7, 11) is 0. The number of aryl methyl sites for hydroxylation is 1. The smallest absolute Gasteiger partial charge is 0.259 e. The van der Waals surface area contributed by atoms with E-state index in [1.165, 1.54) is 6.21 Å². The quantitative estimate of drug-likeness (QED) is 0.413. The maximum atomic E-state index is 12.0. The zero-order chi connectivity index (χ0) is 22.1. The number of carbonyl (C=O) groups is 2. The highest BCUT2D eigenvalue weighted by Crippen LogP contribution is 2.15. The standard InChI is InChI=1S/C24H22ClN3O3/c1-17-2-8-20(9-3-17)24(30)26-15-23(29)28-27-14-18-6-12-22(13-7-18)31-16-19-4-10-21(25)11-5-19/h2-14H,15-16H2,1H3,(H,26,30)(H,28,29)/b27-14-. The largest absolute Gasteiger partial charge is 0.489 e. The van der Waals surface area contributed by atoms with Crippen LogP contribution in [-0.2, 0) is 11.4 Å². The van der Waals surface area contributed by atoms with Crippen LogP contribution >= 0.6 is 11.6 Å². The van der Waals surface area contributed by atoms with Crippen LogP contribution in [0.1, 0.15) is 27.0 Å². The molecule has 0 spiro atoms. The number of nitrogens with zero attached hydrogens (tertiary/aromatic N) is 1. The van der Waals surface area contributed by atoms with Crippen LogP contribution in [0.5, 0.6) is 5.75 Å². The molecule has 0 atom stereocenters. The lowest BCUT2D eigenvalue weighted by molar-refractivity contribution is -0.120. The van der Waals surface area contributed by atoms with Crippen LogP contribution in [0.15, 0.2) is 77.9 Å². The highest BCUT2D eigenvalue weighted by Gasteiger charge is 2.07. The average Bonchev–Trinajstić information content (AvgIpc) is 2.78. The van der Waals surface area contributed by atoms with E-state index in [1.807, 2.05) is 67.6 Å². The molecule has 0 aromatic heterocycles. The summed E-state index contributed by atoms with van der Waals surface area (Å²) in [5.74, 6) is -0.0112. The van der Waals surface area contributed by atoms with E-state index in [0.717, 1.165) is 22.4 Å². The summed E-state index contributed by atoms with van der Waals surface area (Å²) in [5, 5.41) is 7.15. The van der Waals surface area contributed by atoms with Crippen LogP contribution in [0, 0.1) is 6.92 Å². The van der Waals surface area contributed by atoms with Gasteiger partial charge in [-0.2, -0.15) is 5.10 Å². The first-order valence-corrected chi connectivity index (χ1v) is 10.0. The normalized spacial score (nSPS) is 10.6. The highest BCUT2D eigenvalue weighted by molar-refractivity contribution is 6.30. The lowest BCUT2D eigenvalue weighted by Crippen LogP contribution is -2.34. The van der Waals surface area contributed by atoms with E-state index < -0.39 is 5.91 Å². The van der Waals surface area contributed by atoms with Crippen molar-refractivity contribution in [3.05, 3.63) is 100 Å². The van der Waals surface area contributed by atoms with Gasteiger partial charge in [0.15, 0.2) is 0 Å². The maximum Gasteiger partial charge on any atom is 0.259 e. The summed E-state index contributed by atoms with van der Waals surface area (Å²) >= 11 is 5.87. The van der Waals surface area contributed by atoms with E-state index >= 15 is 0 Å². The van der Waals surface area contributed by atoms with E-state index in [9.17, 15) is 9.59 Å². The molecule has 3 aromatic carbocycles. The minimum atomic E-state index is -0.417. The molecule has 0 heterocycles. The van der Waals surface area contributed by atoms with Crippen molar-refractivity contribution in [2.75, 3.05) is 6.54 Å². The molecule has 31 heavy (non-hydrogen) atoms. The van der Waals surface area contributed by atoms with Gasteiger partial charge in [-0.1, -0.05) is 41.4 Å². The van der Waals surface area contributed by atoms with Crippen LogP contribution in [0.25, 0.3) is 0 Å². The molecule has 0 aliphatic carbocycles. The summed E-state index contributed by atoms with van der Waals surface area (Å²) in [5.41, 5.74) is 5.76. The van der Waals surface area contributed by atoms with Crippen molar-refractivity contribution in [2.24, 2.45) is 5.10 Å². The molecular weight excluding hydrogens is 414 g/mol. The number of nitrogens with one attached hydrogen (secondary N) is 2. The first-order chi connectivity index (χ1) is 15.0. The summed E-state index contributed by atoms with van der Waals surface area (Å²) in [6.07, 6.45) is 1.52. The lowest BCUT2D eigenvalue weighted by atomic mass is 10.1. The Balaban J connectivity index is 1.40. The van der Waals surface area contributed by atoms with Gasteiger partial charge in [-0.25, -0.2) is 5.43 Å². The van der Waals surface area contributed by atoms with E-state index in [0.29, 0.717) is 17.2 Å². The zero-order valence-corrected chi connectivity index (χ0v) is 17.7. The van der Waals surface area contributed by atoms with E-state index in [2.05, 4.69) is 15.8 Å². The van der Waals surface area contributed by atoms with Crippen LogP contribution < -0.4 is 15.5 Å². The maximum absolute atomic E-state index is 12.0. The fourth-order valence-corrected chi connectivity index (χ4v) is 2.71. The van der Waals surface area contributed by atoms with Crippen LogP contribution in [0.2, 0.25) is 5.02 Å². The molecule has 0 saturated carbocycles. The predicted molar refractivity (Wildman–Crippen MR) is 121 cm³/mol. The Morgan fingerprint density at radius 2 is 1.65 bits per heavy atom. The first-order valence-electron chi connectivity index (χ1n) is 9.64. The number of hydrogen-bond acceptors (Lipinski definition) is 4. The van der Waals surface area contributed by atoms with Gasteiger partial charge in [-0.15, -0.1) is 0 Å². The van der Waals surface area contributed by atoms with Crippen molar-refractivity contribution in [1.82, 2.24) is 10.7 Å². The Labute approximate surface area is 185 Å². The van der Waals surface area contributed by atoms with E-state index in [4.69, 9.17) is 16.3 Å². The fraction of sp³-hybridized carbons (Fsp3) is 0.125. The van der Waals surface area contributed by atoms with Crippen molar-refractivity contribution in [3.8, 4) is 5.75 Å². The summed E-state index contributed by atoms with van der Waals surface area (Å²) in [6, 6.07) is 21.9. The highest BCUT2D eigenvalue weighted by atomic mass is 35.5. The minimum Gasteiger partial charge on any atom is -0.489 e. The fourth-order valence-electron chi connectivity index (χ4n) is 2.58. The van der Waals surface area contributed by atoms with Crippen molar-refractivity contribution < 1.29 is 14.3 Å². The van der Waals surface area contributed by atoms with Crippen LogP contribution in [0.4, 0.5) is 0 Å². The van der Waals surface area contributed by atoms with Gasteiger partial charge >= 0.3 is 0 Å². The van der Waals surface area contributed by atoms with Gasteiger partial charge in [0.2, 0.25) is 0 Å². The molecule has 6 nitrogen and oxygen atoms in total. The van der Waals surface area contributed by atoms with E-state index in [-0.39, 0.29) is 12.5 Å². The third kappa shape index (κ3) is 7.28. The van der Waals surface area contributed by atoms with Crippen LogP contribution in [0.3, 0.4) is 0 Å². The lowest BCUT2D eigenvalue weighted by Gasteiger charge is -2.06. The summed E-state index contributed by atoms with van der Waals surface area (Å²) in [4.78, 5) is 23.8. The number of hydrazone groups is 1. The monoisotopic (exact) mass is 435 g/mol. The minimum absolute atomic E-state index is 0.165. The number of amides is 2. The molecular formula is C24H22ClN3O3. The molecule has 0 radical (unpaired) electrons. The Morgan fingerprint density at radius 1 is 0.968 bits per heavy atom. The summed E-state index contributed by atoms with van der Waals surface area (Å²) in [6.45, 7) is 2.21. The van der Waals surface area contributed by atoms with Gasteiger partial charge in [0.1, 0.15) is 12.4 Å². The second kappa shape index (κ2) is 10.9. The second-order valence-electron chi connectivity index (χ2n) is 6.83. The Bertz CT molecular complexity index is 1050. The Hall–Kier alpha value is -3.64. The predicted octanol–water partition coefficient (Wildman–Crippen LogP) is 4.11. The first kappa shape index (κ1) is 22.1. The average molecular weight is 436 g/mol. The van der Waals surface area contributed by atoms with Crippen molar-refractivity contribution >= 4 is 29.6 Å². The van der Waals surface area contributed by atoms with Crippen LogP contribution in [-0.4, -0.2) is 24.6 Å². The Morgan fingerprint density at radius 3 is 2.32 bits per heavy atom. The second-order valence-corrected chi connectivity index (χ2v) is 7.26. The zero-order valence-electron chi connectivity index (χ0n) is 17.0. The van der Waals surface area contributed by atoms with Crippen molar-refractivity contribution in [1.29, 1.82) is 0 Å². The van der Waals surface area contributed by atoms with Gasteiger partial charge < -0.3 is 10.1 Å². The third-order valence-corrected chi connectivity index (χ3v) is 4.58. The molecule has 158 valence electrons. The van der Waals surface area contributed by atoms with Gasteiger partial charge in [0.05, 0.1) is 12.8 Å². The van der Waals surface area contributed by atoms with Gasteiger partial charge in [0.25, 0.3) is 11.8 Å². The molecule has 0 unspecified atom stereocenters. The van der Waals surface area contributed by atoms with Gasteiger partial charge in [-0.05, 0) is 66.6 Å². The topological polar surface area (TPSA) is 79.8 Å². The summed E-state index contributed by atoms with van der Waals surface area (Å²) < 4.78 is 5.73. The van der Waals surface area contributed by atoms with Crippen molar-refractivity contribution in [2.45, 2.75) is 13.5 Å². The molecule has 3 aromatic rings. The number of rotatable bonds is 8. The number of hydrogen-bond donors (Lipinski definition) is 2. The molecule has 7 heteroatoms. The number of carbonyl (C=O) groups excluding carboxylic acids is 2. The van der Waals surface area contributed by atoms with Crippen molar-refractivity contribution in [3.63, 3.8) is 0 Å². The van der Waals surface area contributed by atoms with Gasteiger partial charge in [0, 0.05) is 10.6 Å². The molecule has 0 fully saturated rings. The molecule has 3 rings (SSSR count). The molecule has 2 N–H and O–H groups in total. The molecule has 2 amide bonds. The molecule has 0 aliphatic rings. The SMILES string of the molecule is Cc1ccc(C(=O)NCC(=O)N/N=C\c2ccc(OCc3ccc(Cl)cc3)cc2)cc1. The molecule has 0 saturated heterocycles.